The molecule has 0 radical (unpaired) electrons. The first-order chi connectivity index (χ1) is 6.15. The predicted octanol–water partition coefficient (Wildman–Crippen LogP) is 3.02. The summed E-state index contributed by atoms with van der Waals surface area (Å²) in [6.45, 7) is 3.95. The van der Waals surface area contributed by atoms with Gasteiger partial charge in [-0.3, -0.25) is 10.1 Å². The molecule has 1 aromatic rings. The van der Waals surface area contributed by atoms with Gasteiger partial charge in [0.15, 0.2) is 0 Å². The molecule has 0 aliphatic heterocycles. The van der Waals surface area contributed by atoms with E-state index >= 15 is 0 Å². The summed E-state index contributed by atoms with van der Waals surface area (Å²) in [6, 6.07) is 4.96. The van der Waals surface area contributed by atoms with Gasteiger partial charge in [0, 0.05) is 17.0 Å². The molecular formula is C9H11NO2S. The average molecular weight is 197 g/mol. The fraction of sp³-hybridized carbons (Fsp3) is 0.333. The first-order valence-corrected chi connectivity index (χ1v) is 5.01. The highest BCUT2D eigenvalue weighted by atomic mass is 32.2. The van der Waals surface area contributed by atoms with Gasteiger partial charge in [0.2, 0.25) is 0 Å². The van der Waals surface area contributed by atoms with Crippen LogP contribution in [0.4, 0.5) is 5.69 Å². The zero-order valence-corrected chi connectivity index (χ0v) is 8.43. The SMILES string of the molecule is CCSc1ccc([N+](=O)[O-])cc1C. The van der Waals surface area contributed by atoms with Crippen LogP contribution >= 0.6 is 11.8 Å². The van der Waals surface area contributed by atoms with Gasteiger partial charge in [-0.05, 0) is 24.3 Å². The summed E-state index contributed by atoms with van der Waals surface area (Å²) in [5.41, 5.74) is 1.14. The predicted molar refractivity (Wildman–Crippen MR) is 54.2 cm³/mol. The molecule has 13 heavy (non-hydrogen) atoms. The van der Waals surface area contributed by atoms with E-state index in [4.69, 9.17) is 0 Å². The molecule has 0 unspecified atom stereocenters. The third-order valence-electron chi connectivity index (χ3n) is 1.67. The van der Waals surface area contributed by atoms with Crippen LogP contribution in [-0.2, 0) is 0 Å². The lowest BCUT2D eigenvalue weighted by Crippen LogP contribution is -1.89. The van der Waals surface area contributed by atoms with Gasteiger partial charge in [-0.1, -0.05) is 6.92 Å². The fourth-order valence-electron chi connectivity index (χ4n) is 1.06. The Labute approximate surface area is 81.3 Å². The van der Waals surface area contributed by atoms with E-state index in [2.05, 4.69) is 6.92 Å². The van der Waals surface area contributed by atoms with E-state index in [1.807, 2.05) is 13.0 Å². The number of hydrogen-bond donors (Lipinski definition) is 0. The van der Waals surface area contributed by atoms with E-state index in [-0.39, 0.29) is 10.6 Å². The van der Waals surface area contributed by atoms with E-state index in [1.165, 1.54) is 0 Å². The molecule has 0 saturated carbocycles. The lowest BCUT2D eigenvalue weighted by Gasteiger charge is -2.02. The molecule has 0 aliphatic carbocycles. The van der Waals surface area contributed by atoms with Crippen molar-refractivity contribution < 1.29 is 4.92 Å². The minimum Gasteiger partial charge on any atom is -0.258 e. The van der Waals surface area contributed by atoms with Crippen molar-refractivity contribution >= 4 is 17.4 Å². The standard InChI is InChI=1S/C9H11NO2S/c1-3-13-9-5-4-8(10(11)12)6-7(9)2/h4-6H,3H2,1-2H3. The fourth-order valence-corrected chi connectivity index (χ4v) is 1.83. The maximum atomic E-state index is 10.4. The van der Waals surface area contributed by atoms with Crippen molar-refractivity contribution in [1.29, 1.82) is 0 Å². The van der Waals surface area contributed by atoms with Crippen LogP contribution in [0, 0.1) is 17.0 Å². The first-order valence-electron chi connectivity index (χ1n) is 4.03. The largest absolute Gasteiger partial charge is 0.269 e. The molecule has 70 valence electrons. The second kappa shape index (κ2) is 4.28. The van der Waals surface area contributed by atoms with Crippen LogP contribution in [0.5, 0.6) is 0 Å². The molecule has 0 amide bonds. The topological polar surface area (TPSA) is 43.1 Å². The molecule has 0 fully saturated rings. The molecule has 0 aromatic heterocycles. The minimum atomic E-state index is -0.368. The number of nitrogens with zero attached hydrogens (tertiary/aromatic N) is 1. The number of nitro groups is 1. The summed E-state index contributed by atoms with van der Waals surface area (Å²) in [7, 11) is 0. The smallest absolute Gasteiger partial charge is 0.258 e. The van der Waals surface area contributed by atoms with Gasteiger partial charge in [-0.15, -0.1) is 11.8 Å². The van der Waals surface area contributed by atoms with Gasteiger partial charge >= 0.3 is 0 Å². The van der Waals surface area contributed by atoms with Crippen LogP contribution in [0.25, 0.3) is 0 Å². The van der Waals surface area contributed by atoms with E-state index in [1.54, 1.807) is 23.9 Å². The van der Waals surface area contributed by atoms with Crippen molar-refractivity contribution in [3.63, 3.8) is 0 Å². The van der Waals surface area contributed by atoms with Gasteiger partial charge < -0.3 is 0 Å². The Kier molecular flexibility index (Phi) is 3.31. The third-order valence-corrected chi connectivity index (χ3v) is 2.73. The van der Waals surface area contributed by atoms with Crippen LogP contribution in [0.3, 0.4) is 0 Å². The van der Waals surface area contributed by atoms with Crippen LogP contribution in [0.1, 0.15) is 12.5 Å². The number of benzene rings is 1. The van der Waals surface area contributed by atoms with E-state index in [0.717, 1.165) is 16.2 Å². The molecule has 0 N–H and O–H groups in total. The lowest BCUT2D eigenvalue weighted by atomic mass is 10.2. The average Bonchev–Trinajstić information content (AvgIpc) is 2.08. The van der Waals surface area contributed by atoms with Gasteiger partial charge in [0.25, 0.3) is 5.69 Å². The molecule has 4 heteroatoms. The quantitative estimate of drug-likeness (QED) is 0.425. The van der Waals surface area contributed by atoms with Crippen molar-refractivity contribution in [2.75, 3.05) is 5.75 Å². The Balaban J connectivity index is 2.98. The Morgan fingerprint density at radius 3 is 2.69 bits per heavy atom. The van der Waals surface area contributed by atoms with Crippen molar-refractivity contribution in [3.05, 3.63) is 33.9 Å². The maximum absolute atomic E-state index is 10.4. The molecule has 0 aliphatic rings. The zero-order valence-electron chi connectivity index (χ0n) is 7.61. The Morgan fingerprint density at radius 1 is 1.54 bits per heavy atom. The number of thioether (sulfide) groups is 1. The number of rotatable bonds is 3. The molecule has 0 saturated heterocycles. The summed E-state index contributed by atoms with van der Waals surface area (Å²) in [6.07, 6.45) is 0. The number of non-ortho nitro benzene ring substituents is 1. The van der Waals surface area contributed by atoms with E-state index < -0.39 is 0 Å². The summed E-state index contributed by atoms with van der Waals surface area (Å²) in [5, 5.41) is 10.4. The van der Waals surface area contributed by atoms with Crippen molar-refractivity contribution in [1.82, 2.24) is 0 Å². The van der Waals surface area contributed by atoms with Crippen LogP contribution in [-0.4, -0.2) is 10.7 Å². The van der Waals surface area contributed by atoms with Crippen molar-refractivity contribution in [2.24, 2.45) is 0 Å². The number of nitro benzene ring substituents is 1. The maximum Gasteiger partial charge on any atom is 0.269 e. The highest BCUT2D eigenvalue weighted by molar-refractivity contribution is 7.99. The first kappa shape index (κ1) is 10.1. The normalized spacial score (nSPS) is 10.0. The second-order valence-corrected chi connectivity index (χ2v) is 3.95. The summed E-state index contributed by atoms with van der Waals surface area (Å²) in [4.78, 5) is 11.2. The molecule has 0 bridgehead atoms. The third kappa shape index (κ3) is 2.45. The van der Waals surface area contributed by atoms with E-state index in [0.29, 0.717) is 0 Å². The van der Waals surface area contributed by atoms with Crippen LogP contribution in [0.15, 0.2) is 23.1 Å². The van der Waals surface area contributed by atoms with Crippen molar-refractivity contribution in [3.8, 4) is 0 Å². The van der Waals surface area contributed by atoms with Gasteiger partial charge in [-0.25, -0.2) is 0 Å². The molecular weight excluding hydrogens is 186 g/mol. The van der Waals surface area contributed by atoms with Gasteiger partial charge in [0.05, 0.1) is 4.92 Å². The monoisotopic (exact) mass is 197 g/mol. The van der Waals surface area contributed by atoms with Crippen molar-refractivity contribution in [2.45, 2.75) is 18.7 Å². The van der Waals surface area contributed by atoms with Crippen LogP contribution < -0.4 is 0 Å². The van der Waals surface area contributed by atoms with Gasteiger partial charge in [-0.2, -0.15) is 0 Å². The Morgan fingerprint density at radius 2 is 2.23 bits per heavy atom. The molecule has 1 rings (SSSR count). The van der Waals surface area contributed by atoms with Crippen LogP contribution in [0.2, 0.25) is 0 Å². The summed E-state index contributed by atoms with van der Waals surface area (Å²) >= 11 is 1.70. The molecule has 0 heterocycles. The lowest BCUT2D eigenvalue weighted by molar-refractivity contribution is -0.385. The zero-order chi connectivity index (χ0) is 9.84. The molecule has 1 aromatic carbocycles. The number of hydrogen-bond acceptors (Lipinski definition) is 3. The molecule has 0 spiro atoms. The van der Waals surface area contributed by atoms with E-state index in [9.17, 15) is 10.1 Å². The molecule has 0 atom stereocenters. The summed E-state index contributed by atoms with van der Waals surface area (Å²) < 4.78 is 0. The highest BCUT2D eigenvalue weighted by Gasteiger charge is 2.07. The minimum absolute atomic E-state index is 0.165. The summed E-state index contributed by atoms with van der Waals surface area (Å²) in [5.74, 6) is 0.985. The Bertz CT molecular complexity index is 325. The van der Waals surface area contributed by atoms with Gasteiger partial charge in [0.1, 0.15) is 0 Å². The second-order valence-electron chi connectivity index (χ2n) is 2.64. The number of aryl methyl sites for hydroxylation is 1. The highest BCUT2D eigenvalue weighted by Crippen LogP contribution is 2.25. The molecule has 3 nitrogen and oxygen atoms in total. The Hall–Kier alpha value is -1.03.